The SMILES string of the molecule is OCCc1ccc(OC2OC(COC3OC(CO)C(O)C(O)C3O)C(O)C(O)C2O)c(O)c1. The smallest absolute Gasteiger partial charge is 0.229 e. The minimum absolute atomic E-state index is 0.0852. The molecule has 2 heterocycles. The van der Waals surface area contributed by atoms with Crippen molar-refractivity contribution in [3.8, 4) is 11.5 Å². The van der Waals surface area contributed by atoms with Gasteiger partial charge in [0.2, 0.25) is 6.29 Å². The number of aromatic hydroxyl groups is 1. The predicted octanol–water partition coefficient (Wildman–Crippen LogP) is -4.07. The second-order valence-corrected chi connectivity index (χ2v) is 7.94. The number of hydrogen-bond acceptors (Lipinski definition) is 13. The number of aliphatic hydroxyl groups is 8. The molecule has 13 heteroatoms. The van der Waals surface area contributed by atoms with Gasteiger partial charge in [-0.25, -0.2) is 0 Å². The van der Waals surface area contributed by atoms with Crippen molar-refractivity contribution in [1.29, 1.82) is 0 Å². The Kier molecular flexibility index (Phi) is 8.82. The molecule has 1 aromatic rings. The van der Waals surface area contributed by atoms with Crippen LogP contribution >= 0.6 is 0 Å². The van der Waals surface area contributed by atoms with E-state index in [1.54, 1.807) is 6.07 Å². The number of phenolic OH excluding ortho intramolecular Hbond substituents is 1. The monoisotopic (exact) mass is 478 g/mol. The zero-order valence-electron chi connectivity index (χ0n) is 17.5. The van der Waals surface area contributed by atoms with Crippen molar-refractivity contribution >= 4 is 0 Å². The Morgan fingerprint density at radius 1 is 0.758 bits per heavy atom. The van der Waals surface area contributed by atoms with Crippen LogP contribution in [0, 0.1) is 0 Å². The molecule has 188 valence electrons. The minimum atomic E-state index is -1.72. The van der Waals surface area contributed by atoms with Crippen LogP contribution in [0.15, 0.2) is 18.2 Å². The van der Waals surface area contributed by atoms with Crippen LogP contribution in [0.25, 0.3) is 0 Å². The molecule has 2 aliphatic rings. The second-order valence-electron chi connectivity index (χ2n) is 7.94. The van der Waals surface area contributed by atoms with Gasteiger partial charge in [-0.05, 0) is 24.1 Å². The van der Waals surface area contributed by atoms with Gasteiger partial charge >= 0.3 is 0 Å². The summed E-state index contributed by atoms with van der Waals surface area (Å²) in [5, 5.41) is 88.7. The first-order valence-electron chi connectivity index (χ1n) is 10.4. The third kappa shape index (κ3) is 5.72. The summed E-state index contributed by atoms with van der Waals surface area (Å²) in [6.07, 6.45) is -15.2. The molecule has 2 aliphatic heterocycles. The van der Waals surface area contributed by atoms with E-state index in [-0.39, 0.29) is 18.1 Å². The van der Waals surface area contributed by atoms with Gasteiger partial charge < -0.3 is 64.9 Å². The number of rotatable bonds is 8. The van der Waals surface area contributed by atoms with E-state index in [2.05, 4.69) is 0 Å². The van der Waals surface area contributed by atoms with E-state index >= 15 is 0 Å². The van der Waals surface area contributed by atoms with Crippen LogP contribution in [0.2, 0.25) is 0 Å². The standard InChI is InChI=1S/C20H30O13/c21-4-3-8-1-2-10(9(23)5-8)31-20-18(29)16(27)14(25)12(33-20)7-30-19-17(28)15(26)13(24)11(6-22)32-19/h1-2,5,11-29H,3-4,6-7H2. The highest BCUT2D eigenvalue weighted by atomic mass is 16.7. The Morgan fingerprint density at radius 3 is 1.97 bits per heavy atom. The second kappa shape index (κ2) is 11.2. The summed E-state index contributed by atoms with van der Waals surface area (Å²) in [6, 6.07) is 4.31. The van der Waals surface area contributed by atoms with Crippen LogP contribution < -0.4 is 4.74 Å². The van der Waals surface area contributed by atoms with E-state index in [0.29, 0.717) is 12.0 Å². The summed E-state index contributed by atoms with van der Waals surface area (Å²) < 4.78 is 21.5. The molecule has 0 radical (unpaired) electrons. The fraction of sp³-hybridized carbons (Fsp3) is 0.700. The maximum atomic E-state index is 10.3. The fourth-order valence-electron chi connectivity index (χ4n) is 3.62. The minimum Gasteiger partial charge on any atom is -0.504 e. The molecule has 0 saturated carbocycles. The van der Waals surface area contributed by atoms with Crippen molar-refractivity contribution < 1.29 is 64.9 Å². The van der Waals surface area contributed by atoms with Gasteiger partial charge in [-0.2, -0.15) is 0 Å². The molecule has 0 bridgehead atoms. The molecule has 3 rings (SSSR count). The lowest BCUT2D eigenvalue weighted by molar-refractivity contribution is -0.323. The molecule has 10 atom stereocenters. The molecule has 0 spiro atoms. The van der Waals surface area contributed by atoms with Crippen LogP contribution in [-0.4, -0.2) is 127 Å². The van der Waals surface area contributed by atoms with Gasteiger partial charge in [0.05, 0.1) is 13.2 Å². The van der Waals surface area contributed by atoms with Crippen LogP contribution in [0.1, 0.15) is 5.56 Å². The fourth-order valence-corrected chi connectivity index (χ4v) is 3.62. The Balaban J connectivity index is 1.66. The molecule has 2 saturated heterocycles. The quantitative estimate of drug-likeness (QED) is 0.174. The molecule has 1 aromatic carbocycles. The summed E-state index contributed by atoms with van der Waals surface area (Å²) in [5.41, 5.74) is 0.633. The number of ether oxygens (including phenoxy) is 4. The molecule has 2 fully saturated rings. The number of benzene rings is 1. The molecule has 13 nitrogen and oxygen atoms in total. The van der Waals surface area contributed by atoms with Crippen LogP contribution in [0.4, 0.5) is 0 Å². The molecule has 9 N–H and O–H groups in total. The lowest BCUT2D eigenvalue weighted by atomic mass is 9.98. The summed E-state index contributed by atoms with van der Waals surface area (Å²) in [7, 11) is 0. The molecule has 33 heavy (non-hydrogen) atoms. The van der Waals surface area contributed by atoms with Crippen molar-refractivity contribution in [2.75, 3.05) is 19.8 Å². The average Bonchev–Trinajstić information content (AvgIpc) is 2.80. The van der Waals surface area contributed by atoms with Crippen molar-refractivity contribution in [3.05, 3.63) is 23.8 Å². The van der Waals surface area contributed by atoms with E-state index in [4.69, 9.17) is 24.1 Å². The Labute approximate surface area is 188 Å². The van der Waals surface area contributed by atoms with Gasteiger partial charge in [-0.15, -0.1) is 0 Å². The number of phenols is 1. The lowest BCUT2D eigenvalue weighted by Crippen LogP contribution is -2.62. The van der Waals surface area contributed by atoms with Crippen LogP contribution in [0.3, 0.4) is 0 Å². The van der Waals surface area contributed by atoms with Gasteiger partial charge in [0.25, 0.3) is 0 Å². The zero-order chi connectivity index (χ0) is 24.3. The van der Waals surface area contributed by atoms with E-state index in [1.165, 1.54) is 12.1 Å². The summed E-state index contributed by atoms with van der Waals surface area (Å²) in [5.74, 6) is -0.385. The molecular weight excluding hydrogens is 448 g/mol. The highest BCUT2D eigenvalue weighted by Gasteiger charge is 2.48. The van der Waals surface area contributed by atoms with Gasteiger partial charge in [0.15, 0.2) is 17.8 Å². The third-order valence-electron chi connectivity index (χ3n) is 5.61. The Hall–Kier alpha value is -1.62. The average molecular weight is 478 g/mol. The highest BCUT2D eigenvalue weighted by Crippen LogP contribution is 2.32. The number of hydrogen-bond donors (Lipinski definition) is 9. The highest BCUT2D eigenvalue weighted by molar-refractivity contribution is 5.42. The molecule has 10 unspecified atom stereocenters. The summed E-state index contributed by atoms with van der Waals surface area (Å²) in [4.78, 5) is 0. The summed E-state index contributed by atoms with van der Waals surface area (Å²) in [6.45, 7) is -1.28. The first-order chi connectivity index (χ1) is 15.7. The number of aliphatic hydroxyl groups excluding tert-OH is 8. The largest absolute Gasteiger partial charge is 0.504 e. The van der Waals surface area contributed by atoms with E-state index in [0.717, 1.165) is 0 Å². The lowest BCUT2D eigenvalue weighted by Gasteiger charge is -2.42. The van der Waals surface area contributed by atoms with E-state index < -0.39 is 74.6 Å². The molecule has 0 aromatic heterocycles. The molecule has 0 aliphatic carbocycles. The maximum Gasteiger partial charge on any atom is 0.229 e. The van der Waals surface area contributed by atoms with Crippen molar-refractivity contribution in [3.63, 3.8) is 0 Å². The third-order valence-corrected chi connectivity index (χ3v) is 5.61. The van der Waals surface area contributed by atoms with Gasteiger partial charge in [-0.3, -0.25) is 0 Å². The zero-order valence-corrected chi connectivity index (χ0v) is 17.5. The van der Waals surface area contributed by atoms with Crippen LogP contribution in [-0.2, 0) is 20.6 Å². The van der Waals surface area contributed by atoms with Crippen molar-refractivity contribution in [2.45, 2.75) is 67.8 Å². The van der Waals surface area contributed by atoms with Crippen molar-refractivity contribution in [2.24, 2.45) is 0 Å². The van der Waals surface area contributed by atoms with E-state index in [9.17, 15) is 40.9 Å². The first-order valence-corrected chi connectivity index (χ1v) is 10.4. The van der Waals surface area contributed by atoms with Gasteiger partial charge in [-0.1, -0.05) is 6.07 Å². The van der Waals surface area contributed by atoms with E-state index in [1.807, 2.05) is 0 Å². The van der Waals surface area contributed by atoms with Crippen molar-refractivity contribution in [1.82, 2.24) is 0 Å². The predicted molar refractivity (Wildman–Crippen MR) is 106 cm³/mol. The Morgan fingerprint density at radius 2 is 1.36 bits per heavy atom. The van der Waals surface area contributed by atoms with Gasteiger partial charge in [0.1, 0.15) is 48.8 Å². The summed E-state index contributed by atoms with van der Waals surface area (Å²) >= 11 is 0. The van der Waals surface area contributed by atoms with Gasteiger partial charge in [0, 0.05) is 6.61 Å². The maximum absolute atomic E-state index is 10.3. The molecule has 0 amide bonds. The molecular formula is C20H30O13. The first kappa shape index (κ1) is 26.0. The van der Waals surface area contributed by atoms with Crippen LogP contribution in [0.5, 0.6) is 11.5 Å². The topological polar surface area (TPSA) is 219 Å². The normalized spacial score (nSPS) is 39.4. The Bertz CT molecular complexity index is 761.